The van der Waals surface area contributed by atoms with E-state index in [1.807, 2.05) is 55.5 Å². The molecule has 0 radical (unpaired) electrons. The van der Waals surface area contributed by atoms with Crippen LogP contribution in [0.25, 0.3) is 72.8 Å². The molecule has 8 aromatic rings. The fourth-order valence-electron chi connectivity index (χ4n) is 7.34. The van der Waals surface area contributed by atoms with Gasteiger partial charge in [-0.3, -0.25) is 0 Å². The van der Waals surface area contributed by atoms with E-state index in [1.54, 1.807) is 0 Å². The van der Waals surface area contributed by atoms with Crippen LogP contribution in [0.4, 0.5) is 0 Å². The average Bonchev–Trinajstić information content (AvgIpc) is 3.26. The Hall–Kier alpha value is -6.97. The van der Waals surface area contributed by atoms with Gasteiger partial charge < -0.3 is 0 Å². The maximum Gasteiger partial charge on any atom is 0.164 e. The smallest absolute Gasteiger partial charge is 0.164 e. The van der Waals surface area contributed by atoms with Crippen LogP contribution in [-0.4, -0.2) is 15.0 Å². The largest absolute Gasteiger partial charge is 0.208 e. The zero-order valence-corrected chi connectivity index (χ0v) is 32.0. The Morgan fingerprint density at radius 1 is 0.500 bits per heavy atom. The summed E-state index contributed by atoms with van der Waals surface area (Å²) in [6.07, 6.45) is 7.93. The van der Waals surface area contributed by atoms with E-state index < -0.39 is 0 Å². The summed E-state index contributed by atoms with van der Waals surface area (Å²) in [6.45, 7) is 10.5. The zero-order chi connectivity index (χ0) is 38.5. The fourth-order valence-corrected chi connectivity index (χ4v) is 7.34. The van der Waals surface area contributed by atoms with Crippen LogP contribution in [0, 0.1) is 0 Å². The third-order valence-corrected chi connectivity index (χ3v) is 10.6. The van der Waals surface area contributed by atoms with Crippen molar-refractivity contribution in [2.24, 2.45) is 0 Å². The number of allylic oxidation sites excluding steroid dienone is 5. The monoisotopic (exact) mass is 721 g/mol. The Morgan fingerprint density at radius 3 is 1.62 bits per heavy atom. The summed E-state index contributed by atoms with van der Waals surface area (Å²) in [5.74, 6) is 1.91. The molecule has 3 nitrogen and oxygen atoms in total. The molecule has 0 unspecified atom stereocenters. The van der Waals surface area contributed by atoms with Crippen LogP contribution in [-0.2, 0) is 5.41 Å². The van der Waals surface area contributed by atoms with E-state index in [0.29, 0.717) is 17.5 Å². The Bertz CT molecular complexity index is 2700. The first kappa shape index (κ1) is 36.0. The molecule has 0 atom stereocenters. The molecule has 0 spiro atoms. The van der Waals surface area contributed by atoms with Gasteiger partial charge in [-0.05, 0) is 68.3 Å². The van der Waals surface area contributed by atoms with Gasteiger partial charge in [-0.2, -0.15) is 0 Å². The molecule has 0 aliphatic rings. The Kier molecular flexibility index (Phi) is 10.2. The second kappa shape index (κ2) is 15.8. The predicted octanol–water partition coefficient (Wildman–Crippen LogP) is 13.8. The highest BCUT2D eigenvalue weighted by Crippen LogP contribution is 2.36. The van der Waals surface area contributed by atoms with Gasteiger partial charge in [0.1, 0.15) is 0 Å². The molecule has 0 aliphatic carbocycles. The van der Waals surface area contributed by atoms with Crippen LogP contribution in [0.2, 0.25) is 0 Å². The highest BCUT2D eigenvalue weighted by molar-refractivity contribution is 5.97. The topological polar surface area (TPSA) is 38.7 Å². The Morgan fingerprint density at radius 2 is 1.00 bits per heavy atom. The third-order valence-electron chi connectivity index (χ3n) is 10.6. The lowest BCUT2D eigenvalue weighted by molar-refractivity contribution is 0.641. The molecule has 270 valence electrons. The molecule has 3 heteroatoms. The first-order valence-corrected chi connectivity index (χ1v) is 19.1. The van der Waals surface area contributed by atoms with E-state index in [9.17, 15) is 0 Å². The quantitative estimate of drug-likeness (QED) is 0.132. The lowest BCUT2D eigenvalue weighted by atomic mass is 9.77. The molecular formula is C53H43N3. The van der Waals surface area contributed by atoms with Gasteiger partial charge in [-0.25, -0.2) is 15.0 Å². The molecule has 0 N–H and O–H groups in total. The standard InChI is InChI=1S/C53H43N3/c1-5-14-37(15-6-2)38-24-26-42(27-25-38)51-54-50(41-17-8-7-9-18-41)55-52(56-51)43-30-34-47(35-31-43)53(3,4)46-32-28-39(29-33-46)44-20-12-21-45(36-44)49-23-13-19-40-16-10-11-22-48(40)49/h5-36H,1H2,2-4H3/b15-6-,37-14+. The molecule has 1 aromatic heterocycles. The molecule has 8 rings (SSSR count). The van der Waals surface area contributed by atoms with Gasteiger partial charge >= 0.3 is 0 Å². The molecule has 0 saturated heterocycles. The molecule has 0 saturated carbocycles. The van der Waals surface area contributed by atoms with E-state index in [-0.39, 0.29) is 5.41 Å². The summed E-state index contributed by atoms with van der Waals surface area (Å²) in [7, 11) is 0. The van der Waals surface area contributed by atoms with Crippen molar-refractivity contribution in [3.05, 3.63) is 217 Å². The molecule has 1 heterocycles. The summed E-state index contributed by atoms with van der Waals surface area (Å²) in [4.78, 5) is 14.9. The Balaban J connectivity index is 1.07. The maximum absolute atomic E-state index is 5.01. The van der Waals surface area contributed by atoms with Crippen LogP contribution < -0.4 is 0 Å². The number of rotatable bonds is 10. The minimum atomic E-state index is -0.227. The predicted molar refractivity (Wildman–Crippen MR) is 236 cm³/mol. The lowest BCUT2D eigenvalue weighted by Crippen LogP contribution is -2.18. The van der Waals surface area contributed by atoms with E-state index in [1.165, 1.54) is 44.2 Å². The lowest BCUT2D eigenvalue weighted by Gasteiger charge is -2.26. The molecule has 0 amide bonds. The van der Waals surface area contributed by atoms with Crippen LogP contribution in [0.15, 0.2) is 201 Å². The molecule has 0 bridgehead atoms. The van der Waals surface area contributed by atoms with E-state index in [4.69, 9.17) is 15.0 Å². The van der Waals surface area contributed by atoms with Crippen molar-refractivity contribution in [3.63, 3.8) is 0 Å². The molecule has 0 aliphatic heterocycles. The van der Waals surface area contributed by atoms with Crippen molar-refractivity contribution in [1.29, 1.82) is 0 Å². The highest BCUT2D eigenvalue weighted by Gasteiger charge is 2.24. The SMILES string of the molecule is C=C/C=C(\C=C/C)c1ccc(-c2nc(-c3ccccc3)nc(-c3ccc(C(C)(C)c4ccc(-c5cccc(-c6cccc7ccccc67)c5)cc4)cc3)n2)cc1. The summed E-state index contributed by atoms with van der Waals surface area (Å²) in [5, 5.41) is 2.52. The van der Waals surface area contributed by atoms with Crippen LogP contribution in [0.1, 0.15) is 37.5 Å². The van der Waals surface area contributed by atoms with Crippen molar-refractivity contribution in [2.75, 3.05) is 0 Å². The summed E-state index contributed by atoms with van der Waals surface area (Å²) in [6, 6.07) is 60.1. The maximum atomic E-state index is 5.01. The van der Waals surface area contributed by atoms with Crippen molar-refractivity contribution >= 4 is 16.3 Å². The van der Waals surface area contributed by atoms with Crippen molar-refractivity contribution < 1.29 is 0 Å². The molecule has 0 fully saturated rings. The number of benzene rings is 7. The average molecular weight is 722 g/mol. The van der Waals surface area contributed by atoms with Crippen molar-refractivity contribution in [2.45, 2.75) is 26.2 Å². The van der Waals surface area contributed by atoms with Gasteiger partial charge in [-0.1, -0.05) is 209 Å². The highest BCUT2D eigenvalue weighted by atomic mass is 15.0. The van der Waals surface area contributed by atoms with Gasteiger partial charge in [0.05, 0.1) is 0 Å². The Labute approximate surface area is 330 Å². The number of hydrogen-bond donors (Lipinski definition) is 0. The van der Waals surface area contributed by atoms with Crippen LogP contribution in [0.3, 0.4) is 0 Å². The van der Waals surface area contributed by atoms with Gasteiger partial charge in [0.25, 0.3) is 0 Å². The first-order chi connectivity index (χ1) is 27.4. The number of aromatic nitrogens is 3. The summed E-state index contributed by atoms with van der Waals surface area (Å²) < 4.78 is 0. The van der Waals surface area contributed by atoms with Crippen molar-refractivity contribution in [3.8, 4) is 56.4 Å². The molecular weight excluding hydrogens is 679 g/mol. The minimum Gasteiger partial charge on any atom is -0.208 e. The van der Waals surface area contributed by atoms with Crippen LogP contribution in [0.5, 0.6) is 0 Å². The first-order valence-electron chi connectivity index (χ1n) is 19.1. The number of fused-ring (bicyclic) bond motifs is 1. The second-order valence-corrected chi connectivity index (χ2v) is 14.5. The van der Waals surface area contributed by atoms with E-state index in [0.717, 1.165) is 27.8 Å². The number of nitrogens with zero attached hydrogens (tertiary/aromatic N) is 3. The van der Waals surface area contributed by atoms with Gasteiger partial charge in [-0.15, -0.1) is 0 Å². The van der Waals surface area contributed by atoms with E-state index >= 15 is 0 Å². The fraction of sp³-hybridized carbons (Fsp3) is 0.0755. The van der Waals surface area contributed by atoms with E-state index in [2.05, 4.69) is 166 Å². The molecule has 7 aromatic carbocycles. The van der Waals surface area contributed by atoms with Crippen molar-refractivity contribution in [1.82, 2.24) is 15.0 Å². The van der Waals surface area contributed by atoms with Gasteiger partial charge in [0, 0.05) is 22.1 Å². The third kappa shape index (κ3) is 7.40. The van der Waals surface area contributed by atoms with Gasteiger partial charge in [0.2, 0.25) is 0 Å². The normalized spacial score (nSPS) is 11.9. The summed E-state index contributed by atoms with van der Waals surface area (Å²) >= 11 is 0. The van der Waals surface area contributed by atoms with Crippen LogP contribution >= 0.6 is 0 Å². The molecule has 56 heavy (non-hydrogen) atoms. The number of hydrogen-bond acceptors (Lipinski definition) is 3. The zero-order valence-electron chi connectivity index (χ0n) is 32.0. The summed E-state index contributed by atoms with van der Waals surface area (Å²) in [5.41, 5.74) is 12.1. The second-order valence-electron chi connectivity index (χ2n) is 14.5. The van der Waals surface area contributed by atoms with Gasteiger partial charge in [0.15, 0.2) is 17.5 Å². The minimum absolute atomic E-state index is 0.227.